The average molecular weight is 368 g/mol. The maximum Gasteiger partial charge on any atom is 0.174 e. The third-order valence-electron chi connectivity index (χ3n) is 5.25. The fraction of sp³-hybridized carbons (Fsp3) is 0.400. The van der Waals surface area contributed by atoms with Crippen LogP contribution in [-0.4, -0.2) is 46.5 Å². The van der Waals surface area contributed by atoms with Crippen molar-refractivity contribution >= 4 is 22.5 Å². The van der Waals surface area contributed by atoms with Crippen molar-refractivity contribution in [1.82, 2.24) is 19.9 Å². The lowest BCUT2D eigenvalue weighted by Crippen LogP contribution is -2.33. The predicted molar refractivity (Wildman–Crippen MR) is 106 cm³/mol. The topological polar surface area (TPSA) is 68.9 Å². The minimum absolute atomic E-state index is 0.335. The van der Waals surface area contributed by atoms with E-state index in [1.807, 2.05) is 24.4 Å². The second-order valence-electron chi connectivity index (χ2n) is 7.26. The zero-order chi connectivity index (χ0) is 18.6. The van der Waals surface area contributed by atoms with Gasteiger partial charge in [0.05, 0.1) is 17.5 Å². The number of nitrogens with zero attached hydrogens (tertiary/aromatic N) is 3. The second kappa shape index (κ2) is 7.92. The number of aromatic nitrogens is 3. The van der Waals surface area contributed by atoms with E-state index in [4.69, 9.17) is 0 Å². The summed E-state index contributed by atoms with van der Waals surface area (Å²) in [5.41, 5.74) is 2.49. The van der Waals surface area contributed by atoms with Crippen molar-refractivity contribution in [2.24, 2.45) is 5.92 Å². The number of nitrogens with one attached hydrogen (secondary N) is 3. The summed E-state index contributed by atoms with van der Waals surface area (Å²) in [6.45, 7) is 3.82. The molecule has 1 aliphatic rings. The van der Waals surface area contributed by atoms with Crippen molar-refractivity contribution in [3.63, 3.8) is 0 Å². The van der Waals surface area contributed by atoms with Crippen molar-refractivity contribution in [1.29, 1.82) is 0 Å². The molecule has 7 heteroatoms. The van der Waals surface area contributed by atoms with Crippen molar-refractivity contribution in [2.75, 3.05) is 37.3 Å². The van der Waals surface area contributed by atoms with Gasteiger partial charge in [-0.1, -0.05) is 6.07 Å². The van der Waals surface area contributed by atoms with Gasteiger partial charge in [0.1, 0.15) is 11.3 Å². The largest absolute Gasteiger partial charge is 0.378 e. The van der Waals surface area contributed by atoms with Crippen LogP contribution in [-0.2, 0) is 6.54 Å². The molecule has 0 unspecified atom stereocenters. The number of anilines is 2. The van der Waals surface area contributed by atoms with E-state index in [2.05, 4.69) is 37.5 Å². The van der Waals surface area contributed by atoms with Crippen molar-refractivity contribution in [2.45, 2.75) is 19.4 Å². The summed E-state index contributed by atoms with van der Waals surface area (Å²) >= 11 is 0. The molecule has 4 rings (SSSR count). The van der Waals surface area contributed by atoms with Crippen LogP contribution >= 0.6 is 0 Å². The number of imidazole rings is 1. The summed E-state index contributed by atoms with van der Waals surface area (Å²) in [7, 11) is 2.18. The van der Waals surface area contributed by atoms with Crippen molar-refractivity contribution < 1.29 is 4.39 Å². The Morgan fingerprint density at radius 1 is 1.15 bits per heavy atom. The molecule has 3 heterocycles. The number of benzene rings is 1. The number of halogens is 1. The zero-order valence-corrected chi connectivity index (χ0v) is 15.5. The Hall–Kier alpha value is -2.67. The quantitative estimate of drug-likeness (QED) is 0.622. The molecule has 0 amide bonds. The molecule has 0 radical (unpaired) electrons. The molecule has 2 aromatic heterocycles. The van der Waals surface area contributed by atoms with Gasteiger partial charge in [0, 0.05) is 19.3 Å². The lowest BCUT2D eigenvalue weighted by atomic mass is 9.97. The molecule has 1 saturated heterocycles. The number of rotatable bonds is 6. The van der Waals surface area contributed by atoms with Crippen LogP contribution in [0.3, 0.4) is 0 Å². The Balaban J connectivity index is 1.30. The fourth-order valence-corrected chi connectivity index (χ4v) is 3.46. The van der Waals surface area contributed by atoms with Gasteiger partial charge < -0.3 is 20.5 Å². The van der Waals surface area contributed by atoms with Crippen LogP contribution in [0.4, 0.5) is 15.9 Å². The molecule has 1 aliphatic heterocycles. The highest BCUT2D eigenvalue weighted by Gasteiger charge is 2.16. The smallest absolute Gasteiger partial charge is 0.174 e. The van der Waals surface area contributed by atoms with Gasteiger partial charge in [-0.2, -0.15) is 0 Å². The van der Waals surface area contributed by atoms with Gasteiger partial charge >= 0.3 is 0 Å². The zero-order valence-electron chi connectivity index (χ0n) is 15.5. The molecule has 0 saturated carbocycles. The number of fused-ring (bicyclic) bond motifs is 1. The van der Waals surface area contributed by atoms with Gasteiger partial charge in [0.25, 0.3) is 0 Å². The molecule has 142 valence electrons. The predicted octanol–water partition coefficient (Wildman–Crippen LogP) is 3.46. The van der Waals surface area contributed by atoms with E-state index in [1.54, 1.807) is 6.07 Å². The van der Waals surface area contributed by atoms with E-state index in [-0.39, 0.29) is 5.82 Å². The molecule has 6 nitrogen and oxygen atoms in total. The molecule has 1 fully saturated rings. The highest BCUT2D eigenvalue weighted by molar-refractivity contribution is 5.79. The molecule has 3 N–H and O–H groups in total. The Morgan fingerprint density at radius 3 is 2.78 bits per heavy atom. The minimum atomic E-state index is -0.335. The maximum absolute atomic E-state index is 14.4. The van der Waals surface area contributed by atoms with Crippen LogP contribution in [0.1, 0.15) is 18.4 Å². The monoisotopic (exact) mass is 368 g/mol. The van der Waals surface area contributed by atoms with Gasteiger partial charge in [-0.3, -0.25) is 0 Å². The van der Waals surface area contributed by atoms with Crippen LogP contribution in [0.2, 0.25) is 0 Å². The van der Waals surface area contributed by atoms with Crippen LogP contribution < -0.4 is 10.6 Å². The first-order valence-electron chi connectivity index (χ1n) is 9.42. The number of pyridine rings is 1. The van der Waals surface area contributed by atoms with Gasteiger partial charge in [0.2, 0.25) is 0 Å². The number of H-pyrrole nitrogens is 1. The first-order valence-corrected chi connectivity index (χ1v) is 9.42. The van der Waals surface area contributed by atoms with E-state index in [9.17, 15) is 4.39 Å². The molecular formula is C20H25FN6. The van der Waals surface area contributed by atoms with Crippen LogP contribution in [0.25, 0.3) is 11.0 Å². The summed E-state index contributed by atoms with van der Waals surface area (Å²) in [6, 6.07) is 7.55. The SMILES string of the molecule is CN1CCC(CNc2ccc(CNc3ccc4[nH]cnc4c3F)cn2)CC1. The Labute approximate surface area is 158 Å². The number of piperidine rings is 1. The lowest BCUT2D eigenvalue weighted by molar-refractivity contribution is 0.226. The Morgan fingerprint density at radius 2 is 2.00 bits per heavy atom. The third-order valence-corrected chi connectivity index (χ3v) is 5.25. The van der Waals surface area contributed by atoms with Gasteiger partial charge in [-0.05, 0) is 62.7 Å². The van der Waals surface area contributed by atoms with Gasteiger partial charge in [-0.25, -0.2) is 14.4 Å². The van der Waals surface area contributed by atoms with Crippen molar-refractivity contribution in [3.05, 3.63) is 48.2 Å². The Bertz CT molecular complexity index is 883. The second-order valence-corrected chi connectivity index (χ2v) is 7.26. The van der Waals surface area contributed by atoms with E-state index >= 15 is 0 Å². The number of hydrogen-bond donors (Lipinski definition) is 3. The molecule has 0 bridgehead atoms. The van der Waals surface area contributed by atoms with E-state index < -0.39 is 0 Å². The number of aromatic amines is 1. The van der Waals surface area contributed by atoms with Gasteiger partial charge in [-0.15, -0.1) is 0 Å². The van der Waals surface area contributed by atoms with E-state index in [1.165, 1.54) is 32.3 Å². The van der Waals surface area contributed by atoms with E-state index in [0.717, 1.165) is 17.9 Å². The van der Waals surface area contributed by atoms with Crippen LogP contribution in [0.5, 0.6) is 0 Å². The fourth-order valence-electron chi connectivity index (χ4n) is 3.46. The summed E-state index contributed by atoms with van der Waals surface area (Å²) in [4.78, 5) is 13.8. The highest BCUT2D eigenvalue weighted by atomic mass is 19.1. The summed E-state index contributed by atoms with van der Waals surface area (Å²) in [6.07, 6.45) is 5.79. The molecule has 0 atom stereocenters. The van der Waals surface area contributed by atoms with Crippen LogP contribution in [0, 0.1) is 11.7 Å². The standard InChI is InChI=1S/C20H25FN6/c1-27-8-6-14(7-9-27)10-23-18-5-2-15(12-24-18)11-22-16-3-4-17-20(19(16)21)26-13-25-17/h2-5,12-14,22H,6-11H2,1H3,(H,23,24)(H,25,26). The van der Waals surface area contributed by atoms with Gasteiger partial charge in [0.15, 0.2) is 5.82 Å². The molecule has 0 aliphatic carbocycles. The molecule has 1 aromatic carbocycles. The van der Waals surface area contributed by atoms with E-state index in [0.29, 0.717) is 29.2 Å². The van der Waals surface area contributed by atoms with Crippen molar-refractivity contribution in [3.8, 4) is 0 Å². The summed E-state index contributed by atoms with van der Waals surface area (Å²) in [5.74, 6) is 1.27. The first-order chi connectivity index (χ1) is 13.2. The lowest BCUT2D eigenvalue weighted by Gasteiger charge is -2.29. The minimum Gasteiger partial charge on any atom is -0.378 e. The third kappa shape index (κ3) is 4.19. The average Bonchev–Trinajstić information content (AvgIpc) is 3.18. The maximum atomic E-state index is 14.4. The molecule has 3 aromatic rings. The molecule has 27 heavy (non-hydrogen) atoms. The number of hydrogen-bond acceptors (Lipinski definition) is 5. The highest BCUT2D eigenvalue weighted by Crippen LogP contribution is 2.22. The first kappa shape index (κ1) is 17.7. The van der Waals surface area contributed by atoms with Crippen LogP contribution in [0.15, 0.2) is 36.8 Å². The molecule has 0 spiro atoms. The normalized spacial score (nSPS) is 15.9. The Kier molecular flexibility index (Phi) is 5.20. The summed E-state index contributed by atoms with van der Waals surface area (Å²) < 4.78 is 14.4. The molecular weight excluding hydrogens is 343 g/mol. The number of likely N-dealkylation sites (tertiary alicyclic amines) is 1. The summed E-state index contributed by atoms with van der Waals surface area (Å²) in [5, 5.41) is 6.56.